The monoisotopic (exact) mass is 482 g/mol. The number of halogens is 1. The van der Waals surface area contributed by atoms with E-state index in [0.717, 1.165) is 45.1 Å². The number of unbranched alkanes of at least 4 members (excludes halogenated alkanes) is 1. The lowest BCUT2D eigenvalue weighted by atomic mass is 9.99. The molecule has 2 atom stereocenters. The zero-order valence-electron chi connectivity index (χ0n) is 17.3. The van der Waals surface area contributed by atoms with Crippen molar-refractivity contribution in [3.63, 3.8) is 0 Å². The number of carbonyl (C=O) groups is 1. The van der Waals surface area contributed by atoms with Crippen LogP contribution in [0.25, 0.3) is 0 Å². The number of carbonyl (C=O) groups excluding carboxylic acids is 1. The van der Waals surface area contributed by atoms with Gasteiger partial charge in [0.15, 0.2) is 5.96 Å². The highest BCUT2D eigenvalue weighted by Crippen LogP contribution is 2.14. The summed E-state index contributed by atoms with van der Waals surface area (Å²) < 4.78 is 5.48. The molecule has 1 N–H and O–H groups in total. The molecule has 0 saturated carbocycles. The van der Waals surface area contributed by atoms with Gasteiger partial charge in [-0.3, -0.25) is 4.79 Å². The molecule has 0 radical (unpaired) electrons. The van der Waals surface area contributed by atoms with Crippen molar-refractivity contribution in [1.82, 2.24) is 15.1 Å². The van der Waals surface area contributed by atoms with Crippen LogP contribution in [-0.2, 0) is 9.53 Å². The van der Waals surface area contributed by atoms with Crippen LogP contribution in [0.2, 0.25) is 0 Å². The maximum absolute atomic E-state index is 11.9. The van der Waals surface area contributed by atoms with Gasteiger partial charge < -0.3 is 19.9 Å². The van der Waals surface area contributed by atoms with Crippen molar-refractivity contribution in [1.29, 1.82) is 0 Å². The van der Waals surface area contributed by atoms with Gasteiger partial charge in [-0.25, -0.2) is 4.99 Å². The van der Waals surface area contributed by atoms with E-state index in [1.54, 1.807) is 19.0 Å². The molecule has 0 bridgehead atoms. The minimum absolute atomic E-state index is 0. The number of likely N-dealkylation sites (N-methyl/N-ethyl adjacent to an activating group) is 1. The fourth-order valence-electron chi connectivity index (χ4n) is 2.98. The number of nitrogens with one attached hydrogen (secondary N) is 1. The minimum Gasteiger partial charge on any atom is -0.381 e. The van der Waals surface area contributed by atoms with Gasteiger partial charge in [0.1, 0.15) is 6.54 Å². The lowest BCUT2D eigenvalue weighted by Crippen LogP contribution is -2.44. The molecule has 1 amide bonds. The van der Waals surface area contributed by atoms with Gasteiger partial charge in [0.05, 0.1) is 6.61 Å². The van der Waals surface area contributed by atoms with E-state index in [2.05, 4.69) is 36.1 Å². The van der Waals surface area contributed by atoms with Gasteiger partial charge in [0, 0.05) is 46.8 Å². The molecule has 7 heteroatoms. The first-order valence-electron chi connectivity index (χ1n) is 9.75. The smallest absolute Gasteiger partial charge is 0.243 e. The molecule has 1 aliphatic heterocycles. The molecule has 2 unspecified atom stereocenters. The Labute approximate surface area is 177 Å². The summed E-state index contributed by atoms with van der Waals surface area (Å²) in [5.41, 5.74) is 0. The molecule has 0 aliphatic carbocycles. The van der Waals surface area contributed by atoms with Crippen LogP contribution >= 0.6 is 24.0 Å². The summed E-state index contributed by atoms with van der Waals surface area (Å²) in [6, 6.07) is 0. The van der Waals surface area contributed by atoms with Gasteiger partial charge in [-0.05, 0) is 18.8 Å². The molecule has 154 valence electrons. The second-order valence-corrected chi connectivity index (χ2v) is 7.34. The van der Waals surface area contributed by atoms with Gasteiger partial charge >= 0.3 is 0 Å². The molecule has 26 heavy (non-hydrogen) atoms. The van der Waals surface area contributed by atoms with Gasteiger partial charge in [-0.15, -0.1) is 24.0 Å². The van der Waals surface area contributed by atoms with Gasteiger partial charge in [-0.2, -0.15) is 0 Å². The minimum atomic E-state index is 0. The number of hydrogen-bond donors (Lipinski definition) is 1. The average molecular weight is 482 g/mol. The second kappa shape index (κ2) is 14.5. The lowest BCUT2D eigenvalue weighted by molar-refractivity contribution is -0.127. The SMILES string of the molecule is CCCCC(CC)CNC(=NCC(=O)N(C)C)N(C)CC1CCOC1.I. The number of nitrogens with zero attached hydrogens (tertiary/aromatic N) is 3. The number of guanidine groups is 1. The van der Waals surface area contributed by atoms with Crippen LogP contribution in [-0.4, -0.2) is 75.7 Å². The summed E-state index contributed by atoms with van der Waals surface area (Å²) in [5.74, 6) is 2.05. The third kappa shape index (κ3) is 9.94. The van der Waals surface area contributed by atoms with Crippen molar-refractivity contribution in [2.24, 2.45) is 16.8 Å². The van der Waals surface area contributed by atoms with Gasteiger partial charge in [0.2, 0.25) is 5.91 Å². The van der Waals surface area contributed by atoms with E-state index < -0.39 is 0 Å². The highest BCUT2D eigenvalue weighted by Gasteiger charge is 2.20. The summed E-state index contributed by atoms with van der Waals surface area (Å²) in [5, 5.41) is 3.51. The first-order chi connectivity index (χ1) is 12.0. The quantitative estimate of drug-likeness (QED) is 0.296. The van der Waals surface area contributed by atoms with Crippen LogP contribution in [0.3, 0.4) is 0 Å². The van der Waals surface area contributed by atoms with E-state index in [0.29, 0.717) is 11.8 Å². The topological polar surface area (TPSA) is 57.2 Å². The summed E-state index contributed by atoms with van der Waals surface area (Å²) in [6.45, 7) is 8.16. The Hall–Kier alpha value is -0.570. The summed E-state index contributed by atoms with van der Waals surface area (Å²) in [4.78, 5) is 20.2. The normalized spacial score (nSPS) is 18.2. The lowest BCUT2D eigenvalue weighted by Gasteiger charge is -2.26. The van der Waals surface area contributed by atoms with Crippen molar-refractivity contribution in [3.05, 3.63) is 0 Å². The van der Waals surface area contributed by atoms with Crippen molar-refractivity contribution in [3.8, 4) is 0 Å². The molecule has 0 aromatic rings. The molecular weight excluding hydrogens is 443 g/mol. The van der Waals surface area contributed by atoms with E-state index in [1.807, 2.05) is 0 Å². The molecule has 1 rings (SSSR count). The fourth-order valence-corrected chi connectivity index (χ4v) is 2.98. The highest BCUT2D eigenvalue weighted by atomic mass is 127. The molecule has 1 fully saturated rings. The Kier molecular flexibility index (Phi) is 14.2. The molecule has 1 heterocycles. The number of hydrogen-bond acceptors (Lipinski definition) is 3. The van der Waals surface area contributed by atoms with E-state index in [9.17, 15) is 4.79 Å². The molecule has 1 aliphatic rings. The van der Waals surface area contributed by atoms with Crippen LogP contribution in [0.1, 0.15) is 46.0 Å². The van der Waals surface area contributed by atoms with Crippen molar-refractivity contribution < 1.29 is 9.53 Å². The molecule has 0 aromatic heterocycles. The van der Waals surface area contributed by atoms with E-state index in [4.69, 9.17) is 4.74 Å². The fraction of sp³-hybridized carbons (Fsp3) is 0.895. The molecule has 0 spiro atoms. The number of ether oxygens (including phenoxy) is 1. The third-order valence-electron chi connectivity index (χ3n) is 4.87. The average Bonchev–Trinajstić information content (AvgIpc) is 3.09. The first kappa shape index (κ1) is 25.4. The van der Waals surface area contributed by atoms with E-state index in [-0.39, 0.29) is 36.4 Å². The maximum Gasteiger partial charge on any atom is 0.243 e. The first-order valence-corrected chi connectivity index (χ1v) is 9.75. The highest BCUT2D eigenvalue weighted by molar-refractivity contribution is 14.0. The zero-order valence-corrected chi connectivity index (χ0v) is 19.6. The third-order valence-corrected chi connectivity index (χ3v) is 4.87. The van der Waals surface area contributed by atoms with Crippen molar-refractivity contribution in [2.45, 2.75) is 46.0 Å². The van der Waals surface area contributed by atoms with E-state index in [1.165, 1.54) is 19.3 Å². The number of amides is 1. The maximum atomic E-state index is 11.9. The Morgan fingerprint density at radius 3 is 2.58 bits per heavy atom. The standard InChI is InChI=1S/C19H38N4O2.HI/c1-6-8-9-16(7-2)12-20-19(21-13-18(24)22(3)4)23(5)14-17-10-11-25-15-17;/h16-17H,6-15H2,1-5H3,(H,20,21);1H. The predicted octanol–water partition coefficient (Wildman–Crippen LogP) is 2.82. The predicted molar refractivity (Wildman–Crippen MR) is 119 cm³/mol. The largest absolute Gasteiger partial charge is 0.381 e. The molecular formula is C19H39IN4O2. The van der Waals surface area contributed by atoms with Crippen LogP contribution in [0.4, 0.5) is 0 Å². The Morgan fingerprint density at radius 2 is 2.04 bits per heavy atom. The molecule has 1 saturated heterocycles. The van der Waals surface area contributed by atoms with Crippen molar-refractivity contribution >= 4 is 35.8 Å². The van der Waals surface area contributed by atoms with E-state index >= 15 is 0 Å². The van der Waals surface area contributed by atoms with Crippen LogP contribution in [0.15, 0.2) is 4.99 Å². The van der Waals surface area contributed by atoms with Crippen LogP contribution in [0, 0.1) is 11.8 Å². The number of rotatable bonds is 10. The van der Waals surface area contributed by atoms with Gasteiger partial charge in [-0.1, -0.05) is 33.1 Å². The second-order valence-electron chi connectivity index (χ2n) is 7.34. The summed E-state index contributed by atoms with van der Waals surface area (Å²) >= 11 is 0. The van der Waals surface area contributed by atoms with Crippen LogP contribution < -0.4 is 5.32 Å². The zero-order chi connectivity index (χ0) is 18.7. The summed E-state index contributed by atoms with van der Waals surface area (Å²) in [7, 11) is 5.59. The molecule has 6 nitrogen and oxygen atoms in total. The molecule has 0 aromatic carbocycles. The summed E-state index contributed by atoms with van der Waals surface area (Å²) in [6.07, 6.45) is 6.00. The Morgan fingerprint density at radius 1 is 1.31 bits per heavy atom. The van der Waals surface area contributed by atoms with Gasteiger partial charge in [0.25, 0.3) is 0 Å². The Bertz CT molecular complexity index is 412. The van der Waals surface area contributed by atoms with Crippen LogP contribution in [0.5, 0.6) is 0 Å². The van der Waals surface area contributed by atoms with Crippen molar-refractivity contribution in [2.75, 3.05) is 54.0 Å². The number of aliphatic imine (C=N–C) groups is 1. The Balaban J connectivity index is 0.00000625.